The second kappa shape index (κ2) is 9.14. The summed E-state index contributed by atoms with van der Waals surface area (Å²) < 4.78 is 16.0. The maximum absolute atomic E-state index is 12.3. The van der Waals surface area contributed by atoms with Crippen LogP contribution < -0.4 is 25.3 Å². The molecule has 0 radical (unpaired) electrons. The van der Waals surface area contributed by atoms with Crippen LogP contribution >= 0.6 is 11.6 Å². The average Bonchev–Trinajstić information content (AvgIpc) is 2.65. The molecule has 0 unspecified atom stereocenters. The van der Waals surface area contributed by atoms with Gasteiger partial charge in [0.15, 0.2) is 11.5 Å². The minimum atomic E-state index is -0.626. The van der Waals surface area contributed by atoms with Crippen LogP contribution in [0.15, 0.2) is 30.3 Å². The van der Waals surface area contributed by atoms with Crippen molar-refractivity contribution in [1.82, 2.24) is 0 Å². The Bertz CT molecular complexity index is 854. The van der Waals surface area contributed by atoms with Crippen LogP contribution in [0.25, 0.3) is 0 Å². The number of carbonyl (C=O) groups is 2. The molecule has 3 N–H and O–H groups in total. The molecule has 7 nitrogen and oxygen atoms in total. The Kier molecular flexibility index (Phi) is 6.90. The quantitative estimate of drug-likeness (QED) is 0.719. The summed E-state index contributed by atoms with van der Waals surface area (Å²) in [5.41, 5.74) is 6.70. The molecule has 2 amide bonds. The van der Waals surface area contributed by atoms with Crippen LogP contribution in [0, 0.1) is 0 Å². The maximum Gasteiger partial charge on any atom is 0.250 e. The van der Waals surface area contributed by atoms with Crippen molar-refractivity contribution in [1.29, 1.82) is 0 Å². The smallest absolute Gasteiger partial charge is 0.250 e. The lowest BCUT2D eigenvalue weighted by Gasteiger charge is -2.15. The van der Waals surface area contributed by atoms with Crippen LogP contribution in [0.3, 0.4) is 0 Å². The number of rotatable bonds is 8. The van der Waals surface area contributed by atoms with Crippen LogP contribution in [-0.2, 0) is 11.2 Å². The minimum absolute atomic E-state index is 0.182. The average molecular weight is 393 g/mol. The Balaban J connectivity index is 2.08. The molecule has 0 atom stereocenters. The second-order valence-corrected chi connectivity index (χ2v) is 6.01. The monoisotopic (exact) mass is 392 g/mol. The molecule has 0 saturated carbocycles. The van der Waals surface area contributed by atoms with Gasteiger partial charge in [-0.2, -0.15) is 0 Å². The van der Waals surface area contributed by atoms with E-state index < -0.39 is 5.91 Å². The molecule has 0 aliphatic rings. The van der Waals surface area contributed by atoms with E-state index in [2.05, 4.69) is 5.32 Å². The van der Waals surface area contributed by atoms with Crippen molar-refractivity contribution in [3.63, 3.8) is 0 Å². The number of hydrogen-bond donors (Lipinski definition) is 2. The molecule has 0 spiro atoms. The maximum atomic E-state index is 12.3. The molecule has 2 rings (SSSR count). The number of benzene rings is 2. The third-order valence-corrected chi connectivity index (χ3v) is 4.24. The summed E-state index contributed by atoms with van der Waals surface area (Å²) in [5.74, 6) is 0.713. The highest BCUT2D eigenvalue weighted by Gasteiger charge is 2.16. The third-order valence-electron chi connectivity index (χ3n) is 3.93. The fraction of sp³-hybridized carbons (Fsp3) is 0.263. The Labute approximate surface area is 162 Å². The first-order chi connectivity index (χ1) is 12.9. The van der Waals surface area contributed by atoms with Gasteiger partial charge in [-0.15, -0.1) is 0 Å². The normalized spacial score (nSPS) is 10.2. The lowest BCUT2D eigenvalue weighted by Crippen LogP contribution is -2.14. The van der Waals surface area contributed by atoms with Crippen molar-refractivity contribution >= 4 is 29.1 Å². The van der Waals surface area contributed by atoms with Gasteiger partial charge >= 0.3 is 0 Å². The number of primary amides is 1. The first-order valence-corrected chi connectivity index (χ1v) is 8.46. The van der Waals surface area contributed by atoms with Gasteiger partial charge in [0.2, 0.25) is 17.6 Å². The summed E-state index contributed by atoms with van der Waals surface area (Å²) in [5, 5.41) is 2.92. The number of nitrogens with two attached hydrogens (primary N) is 1. The van der Waals surface area contributed by atoms with Crippen LogP contribution in [0.1, 0.15) is 22.3 Å². The van der Waals surface area contributed by atoms with Crippen LogP contribution in [0.5, 0.6) is 17.2 Å². The number of hydrogen-bond acceptors (Lipinski definition) is 5. The van der Waals surface area contributed by atoms with Gasteiger partial charge in [0.25, 0.3) is 0 Å². The Morgan fingerprint density at radius 3 is 2.30 bits per heavy atom. The number of anilines is 1. The molecule has 2 aromatic carbocycles. The zero-order valence-electron chi connectivity index (χ0n) is 15.3. The molecular weight excluding hydrogens is 372 g/mol. The highest BCUT2D eigenvalue weighted by Crippen LogP contribution is 2.40. The van der Waals surface area contributed by atoms with E-state index in [4.69, 9.17) is 31.5 Å². The molecule has 0 fully saturated rings. The molecular formula is C19H21ClN2O5. The Hall–Kier alpha value is -2.93. The summed E-state index contributed by atoms with van der Waals surface area (Å²) in [7, 11) is 4.60. The van der Waals surface area contributed by atoms with Crippen molar-refractivity contribution in [2.24, 2.45) is 5.73 Å². The predicted molar refractivity (Wildman–Crippen MR) is 103 cm³/mol. The van der Waals surface area contributed by atoms with Gasteiger partial charge in [-0.25, -0.2) is 0 Å². The van der Waals surface area contributed by atoms with Gasteiger partial charge in [0.1, 0.15) is 0 Å². The fourth-order valence-electron chi connectivity index (χ4n) is 2.62. The lowest BCUT2D eigenvalue weighted by atomic mass is 10.1. The van der Waals surface area contributed by atoms with E-state index in [9.17, 15) is 9.59 Å². The van der Waals surface area contributed by atoms with E-state index in [1.807, 2.05) is 6.07 Å². The molecule has 0 saturated heterocycles. The van der Waals surface area contributed by atoms with Crippen LogP contribution in [-0.4, -0.2) is 33.1 Å². The summed E-state index contributed by atoms with van der Waals surface area (Å²) in [4.78, 5) is 23.4. The van der Waals surface area contributed by atoms with Crippen molar-refractivity contribution in [2.45, 2.75) is 12.8 Å². The molecule has 0 aliphatic carbocycles. The predicted octanol–water partition coefficient (Wildman–Crippen LogP) is 3.04. The zero-order chi connectivity index (χ0) is 20.0. The number of nitrogens with one attached hydrogen (secondary N) is 1. The molecule has 2 aromatic rings. The SMILES string of the molecule is COc1ccc(CCC(=O)Nc2ccc(C(N)=O)c(Cl)c2)c(OC)c1OC. The Morgan fingerprint density at radius 1 is 1.04 bits per heavy atom. The van der Waals surface area contributed by atoms with E-state index >= 15 is 0 Å². The fourth-order valence-corrected chi connectivity index (χ4v) is 2.90. The molecule has 8 heteroatoms. The van der Waals surface area contributed by atoms with E-state index in [0.717, 1.165) is 5.56 Å². The summed E-state index contributed by atoms with van der Waals surface area (Å²) in [6, 6.07) is 8.11. The van der Waals surface area contributed by atoms with Crippen molar-refractivity contribution in [3.8, 4) is 17.2 Å². The van der Waals surface area contributed by atoms with Gasteiger partial charge in [-0.3, -0.25) is 9.59 Å². The van der Waals surface area contributed by atoms with Crippen molar-refractivity contribution in [3.05, 3.63) is 46.5 Å². The molecule has 0 heterocycles. The third kappa shape index (κ3) is 4.83. The topological polar surface area (TPSA) is 99.9 Å². The van der Waals surface area contributed by atoms with E-state index in [1.54, 1.807) is 19.2 Å². The van der Waals surface area contributed by atoms with E-state index in [1.165, 1.54) is 26.4 Å². The van der Waals surface area contributed by atoms with Gasteiger partial charge < -0.3 is 25.3 Å². The van der Waals surface area contributed by atoms with Gasteiger partial charge in [0.05, 0.1) is 31.9 Å². The molecule has 27 heavy (non-hydrogen) atoms. The molecule has 0 aliphatic heterocycles. The first kappa shape index (κ1) is 20.4. The Morgan fingerprint density at radius 2 is 1.74 bits per heavy atom. The van der Waals surface area contributed by atoms with Crippen molar-refractivity contribution in [2.75, 3.05) is 26.6 Å². The number of carbonyl (C=O) groups excluding carboxylic acids is 2. The lowest BCUT2D eigenvalue weighted by molar-refractivity contribution is -0.116. The van der Waals surface area contributed by atoms with Crippen LogP contribution in [0.4, 0.5) is 5.69 Å². The summed E-state index contributed by atoms with van der Waals surface area (Å²) in [6.07, 6.45) is 0.642. The number of halogens is 1. The second-order valence-electron chi connectivity index (χ2n) is 5.60. The molecule has 0 bridgehead atoms. The zero-order valence-corrected chi connectivity index (χ0v) is 16.1. The summed E-state index contributed by atoms with van der Waals surface area (Å²) in [6.45, 7) is 0. The van der Waals surface area contributed by atoms with Crippen molar-refractivity contribution < 1.29 is 23.8 Å². The van der Waals surface area contributed by atoms with E-state index in [-0.39, 0.29) is 22.9 Å². The number of aryl methyl sites for hydroxylation is 1. The highest BCUT2D eigenvalue weighted by atomic mass is 35.5. The van der Waals surface area contributed by atoms with Gasteiger partial charge in [-0.05, 0) is 36.2 Å². The van der Waals surface area contributed by atoms with Crippen LogP contribution in [0.2, 0.25) is 5.02 Å². The number of methoxy groups -OCH3 is 3. The van der Waals surface area contributed by atoms with Gasteiger partial charge in [0, 0.05) is 12.1 Å². The summed E-state index contributed by atoms with van der Waals surface area (Å²) >= 11 is 5.99. The standard InChI is InChI=1S/C19H21ClN2O5/c1-25-15-8-4-11(17(26-2)18(15)27-3)5-9-16(23)22-12-6-7-13(19(21)24)14(20)10-12/h4,6-8,10H,5,9H2,1-3H3,(H2,21,24)(H,22,23). The first-order valence-electron chi connectivity index (χ1n) is 8.08. The highest BCUT2D eigenvalue weighted by molar-refractivity contribution is 6.34. The molecule has 144 valence electrons. The number of amides is 2. The number of ether oxygens (including phenoxy) is 3. The largest absolute Gasteiger partial charge is 0.493 e. The molecule has 0 aromatic heterocycles. The van der Waals surface area contributed by atoms with Gasteiger partial charge in [-0.1, -0.05) is 17.7 Å². The minimum Gasteiger partial charge on any atom is -0.493 e. The van der Waals surface area contributed by atoms with E-state index in [0.29, 0.717) is 29.4 Å².